The molecule has 0 radical (unpaired) electrons. The molecule has 0 amide bonds. The molecule has 4 nitrogen and oxygen atoms in total. The Bertz CT molecular complexity index is 840. The zero-order valence-corrected chi connectivity index (χ0v) is 14.0. The Balaban J connectivity index is 1.74. The summed E-state index contributed by atoms with van der Waals surface area (Å²) in [6.07, 6.45) is 0. The number of halogens is 1. The molecule has 0 saturated heterocycles. The molecule has 0 aliphatic heterocycles. The molecule has 0 saturated carbocycles. The zero-order valence-electron chi connectivity index (χ0n) is 12.5. The second-order valence-electron chi connectivity index (χ2n) is 4.98. The van der Waals surface area contributed by atoms with Gasteiger partial charge in [0.15, 0.2) is 0 Å². The summed E-state index contributed by atoms with van der Waals surface area (Å²) in [4.78, 5) is 4.53. The van der Waals surface area contributed by atoms with Gasteiger partial charge in [-0.3, -0.25) is 5.43 Å². The van der Waals surface area contributed by atoms with Gasteiger partial charge in [-0.25, -0.2) is 4.98 Å². The van der Waals surface area contributed by atoms with Crippen molar-refractivity contribution in [2.24, 2.45) is 5.10 Å². The Morgan fingerprint density at radius 2 is 2.00 bits per heavy atom. The van der Waals surface area contributed by atoms with Gasteiger partial charge in [-0.1, -0.05) is 35.9 Å². The van der Waals surface area contributed by atoms with E-state index in [9.17, 15) is 0 Å². The first-order valence-corrected chi connectivity index (χ1v) is 8.25. The molecule has 0 unspecified atom stereocenters. The predicted molar refractivity (Wildman–Crippen MR) is 99.2 cm³/mol. The summed E-state index contributed by atoms with van der Waals surface area (Å²) < 4.78 is 0. The highest BCUT2D eigenvalue weighted by atomic mass is 35.5. The van der Waals surface area contributed by atoms with Crippen LogP contribution in [0, 0.1) is 0 Å². The highest BCUT2D eigenvalue weighted by molar-refractivity contribution is 7.14. The van der Waals surface area contributed by atoms with Gasteiger partial charge in [0.1, 0.15) is 0 Å². The van der Waals surface area contributed by atoms with Gasteiger partial charge in [0.2, 0.25) is 5.13 Å². The minimum atomic E-state index is 0.713. The van der Waals surface area contributed by atoms with Gasteiger partial charge < -0.3 is 5.73 Å². The first-order chi connectivity index (χ1) is 11.1. The molecule has 2 aromatic carbocycles. The van der Waals surface area contributed by atoms with E-state index in [1.165, 1.54) is 11.3 Å². The Labute approximate surface area is 143 Å². The molecule has 0 bridgehead atoms. The lowest BCUT2D eigenvalue weighted by molar-refractivity contribution is 1.27. The van der Waals surface area contributed by atoms with Crippen molar-refractivity contribution in [1.82, 2.24) is 4.98 Å². The van der Waals surface area contributed by atoms with Crippen molar-refractivity contribution in [2.75, 3.05) is 11.2 Å². The van der Waals surface area contributed by atoms with Crippen molar-refractivity contribution < 1.29 is 0 Å². The molecule has 0 aliphatic carbocycles. The summed E-state index contributed by atoms with van der Waals surface area (Å²) in [6, 6.07) is 15.2. The van der Waals surface area contributed by atoms with Gasteiger partial charge in [-0.2, -0.15) is 5.10 Å². The van der Waals surface area contributed by atoms with Crippen molar-refractivity contribution in [3.63, 3.8) is 0 Å². The topological polar surface area (TPSA) is 63.3 Å². The van der Waals surface area contributed by atoms with E-state index in [2.05, 4.69) is 15.5 Å². The number of hydrogen-bond acceptors (Lipinski definition) is 5. The van der Waals surface area contributed by atoms with Crippen LogP contribution in [0.2, 0.25) is 5.02 Å². The SMILES string of the molecule is CC(=NNc1nc(-c2ccc(Cl)cc2)cs1)c1cccc(N)c1. The maximum absolute atomic E-state index is 5.90. The van der Waals surface area contributed by atoms with Gasteiger partial charge in [0.05, 0.1) is 11.4 Å². The first-order valence-electron chi connectivity index (χ1n) is 6.99. The minimum Gasteiger partial charge on any atom is -0.399 e. The molecular weight excluding hydrogens is 328 g/mol. The van der Waals surface area contributed by atoms with Gasteiger partial charge in [0.25, 0.3) is 0 Å². The smallest absolute Gasteiger partial charge is 0.203 e. The molecule has 3 N–H and O–H groups in total. The number of nitrogen functional groups attached to an aromatic ring is 1. The average Bonchev–Trinajstić information content (AvgIpc) is 3.02. The molecule has 23 heavy (non-hydrogen) atoms. The van der Waals surface area contributed by atoms with E-state index in [0.29, 0.717) is 5.02 Å². The predicted octanol–water partition coefficient (Wildman–Crippen LogP) is 4.88. The molecule has 0 aliphatic rings. The summed E-state index contributed by atoms with van der Waals surface area (Å²) in [7, 11) is 0. The fraction of sp³-hybridized carbons (Fsp3) is 0.0588. The maximum atomic E-state index is 5.90. The van der Waals surface area contributed by atoms with E-state index >= 15 is 0 Å². The fourth-order valence-electron chi connectivity index (χ4n) is 2.04. The molecule has 1 heterocycles. The van der Waals surface area contributed by atoms with Crippen molar-refractivity contribution in [2.45, 2.75) is 6.92 Å². The lowest BCUT2D eigenvalue weighted by Gasteiger charge is -2.02. The van der Waals surface area contributed by atoms with Gasteiger partial charge in [-0.05, 0) is 36.8 Å². The van der Waals surface area contributed by atoms with Crippen LogP contribution in [-0.2, 0) is 0 Å². The van der Waals surface area contributed by atoms with E-state index < -0.39 is 0 Å². The van der Waals surface area contributed by atoms with Crippen molar-refractivity contribution in [3.8, 4) is 11.3 Å². The summed E-state index contributed by atoms with van der Waals surface area (Å²) >= 11 is 7.40. The molecule has 6 heteroatoms. The Morgan fingerprint density at radius 1 is 1.22 bits per heavy atom. The summed E-state index contributed by atoms with van der Waals surface area (Å²) in [5, 5.41) is 7.79. The van der Waals surface area contributed by atoms with Crippen molar-refractivity contribution in [1.29, 1.82) is 0 Å². The normalized spacial score (nSPS) is 11.5. The molecule has 3 rings (SSSR count). The van der Waals surface area contributed by atoms with Crippen molar-refractivity contribution in [3.05, 3.63) is 64.5 Å². The summed E-state index contributed by atoms with van der Waals surface area (Å²) in [5.74, 6) is 0. The van der Waals surface area contributed by atoms with Gasteiger partial charge in [0, 0.05) is 21.7 Å². The second kappa shape index (κ2) is 6.81. The number of anilines is 2. The highest BCUT2D eigenvalue weighted by Gasteiger charge is 2.04. The molecule has 0 spiro atoms. The fourth-order valence-corrected chi connectivity index (χ4v) is 2.83. The molecule has 1 aromatic heterocycles. The first kappa shape index (κ1) is 15.5. The van der Waals surface area contributed by atoms with Crippen LogP contribution in [0.5, 0.6) is 0 Å². The summed E-state index contributed by atoms with van der Waals surface area (Å²) in [5.41, 5.74) is 13.2. The Hall–Kier alpha value is -2.37. The van der Waals surface area contributed by atoms with Crippen LogP contribution in [0.3, 0.4) is 0 Å². The molecule has 3 aromatic rings. The summed E-state index contributed by atoms with van der Waals surface area (Å²) in [6.45, 7) is 1.93. The Morgan fingerprint density at radius 3 is 2.74 bits per heavy atom. The largest absolute Gasteiger partial charge is 0.399 e. The van der Waals surface area contributed by atoms with Gasteiger partial charge in [-0.15, -0.1) is 11.3 Å². The molecule has 0 atom stereocenters. The van der Waals surface area contributed by atoms with E-state index in [4.69, 9.17) is 17.3 Å². The van der Waals surface area contributed by atoms with Crippen LogP contribution < -0.4 is 11.2 Å². The van der Waals surface area contributed by atoms with E-state index in [0.717, 1.165) is 33.4 Å². The number of nitrogens with zero attached hydrogens (tertiary/aromatic N) is 2. The second-order valence-corrected chi connectivity index (χ2v) is 6.27. The lowest BCUT2D eigenvalue weighted by Crippen LogP contribution is -2.00. The third-order valence-corrected chi connectivity index (χ3v) is 4.27. The monoisotopic (exact) mass is 342 g/mol. The number of thiazole rings is 1. The maximum Gasteiger partial charge on any atom is 0.203 e. The third kappa shape index (κ3) is 3.88. The van der Waals surface area contributed by atoms with Crippen LogP contribution in [-0.4, -0.2) is 10.7 Å². The Kier molecular flexibility index (Phi) is 4.60. The number of aromatic nitrogens is 1. The number of nitrogens with two attached hydrogens (primary N) is 1. The van der Waals surface area contributed by atoms with Crippen LogP contribution in [0.15, 0.2) is 59.0 Å². The number of benzene rings is 2. The van der Waals surface area contributed by atoms with Crippen molar-refractivity contribution >= 4 is 39.5 Å². The van der Waals surface area contributed by atoms with Crippen LogP contribution in [0.1, 0.15) is 12.5 Å². The number of rotatable bonds is 4. The highest BCUT2D eigenvalue weighted by Crippen LogP contribution is 2.26. The molecular formula is C17H15ClN4S. The minimum absolute atomic E-state index is 0.713. The molecule has 0 fully saturated rings. The third-order valence-electron chi connectivity index (χ3n) is 3.27. The van der Waals surface area contributed by atoms with E-state index in [1.54, 1.807) is 0 Å². The number of hydrazone groups is 1. The zero-order chi connectivity index (χ0) is 16.2. The van der Waals surface area contributed by atoms with Crippen LogP contribution >= 0.6 is 22.9 Å². The number of nitrogens with one attached hydrogen (secondary N) is 1. The van der Waals surface area contributed by atoms with Crippen LogP contribution in [0.4, 0.5) is 10.8 Å². The van der Waals surface area contributed by atoms with Gasteiger partial charge >= 0.3 is 0 Å². The quantitative estimate of drug-likeness (QED) is 0.403. The number of hydrogen-bond donors (Lipinski definition) is 2. The molecule has 116 valence electrons. The van der Waals surface area contributed by atoms with Crippen LogP contribution in [0.25, 0.3) is 11.3 Å². The average molecular weight is 343 g/mol. The van der Waals surface area contributed by atoms with E-state index in [-0.39, 0.29) is 0 Å². The van der Waals surface area contributed by atoms with E-state index in [1.807, 2.05) is 60.8 Å². The standard InChI is InChI=1S/C17H15ClN4S/c1-11(13-3-2-4-15(19)9-13)21-22-17-20-16(10-23-17)12-5-7-14(18)8-6-12/h2-10H,19H2,1H3,(H,20,22). The lowest BCUT2D eigenvalue weighted by atomic mass is 10.1.